The molecule has 0 saturated heterocycles. The zero-order valence-electron chi connectivity index (χ0n) is 18.8. The van der Waals surface area contributed by atoms with Crippen molar-refractivity contribution in [2.75, 3.05) is 36.7 Å². The summed E-state index contributed by atoms with van der Waals surface area (Å²) in [6.07, 6.45) is -4.13. The Morgan fingerprint density at radius 2 is 1.94 bits per heavy atom. The van der Waals surface area contributed by atoms with E-state index in [9.17, 15) is 22.4 Å². The second-order valence-electron chi connectivity index (χ2n) is 7.80. The zero-order valence-corrected chi connectivity index (χ0v) is 18.8. The van der Waals surface area contributed by atoms with E-state index in [1.54, 1.807) is 31.2 Å². The lowest BCUT2D eigenvalue weighted by Crippen LogP contribution is -2.28. The molecule has 12 heteroatoms. The number of aromatic nitrogens is 2. The summed E-state index contributed by atoms with van der Waals surface area (Å²) < 4.78 is 59.5. The van der Waals surface area contributed by atoms with Gasteiger partial charge in [-0.2, -0.15) is 18.2 Å². The van der Waals surface area contributed by atoms with Gasteiger partial charge in [-0.25, -0.2) is 9.37 Å². The molecule has 0 saturated carbocycles. The molecule has 0 bridgehead atoms. The van der Waals surface area contributed by atoms with E-state index in [0.717, 1.165) is 0 Å². The average molecular weight is 490 g/mol. The quantitative estimate of drug-likeness (QED) is 0.314. The van der Waals surface area contributed by atoms with E-state index in [2.05, 4.69) is 20.6 Å². The van der Waals surface area contributed by atoms with Crippen LogP contribution in [0.25, 0.3) is 0 Å². The van der Waals surface area contributed by atoms with Crippen molar-refractivity contribution in [3.05, 3.63) is 59.3 Å². The lowest BCUT2D eigenvalue weighted by atomic mass is 10.0. The number of carbonyl (C=O) groups is 1. The maximum atomic E-state index is 13.8. The van der Waals surface area contributed by atoms with Gasteiger partial charge in [0.1, 0.15) is 23.8 Å². The molecule has 3 aromatic rings. The first-order valence-electron chi connectivity index (χ1n) is 10.6. The lowest BCUT2D eigenvalue weighted by molar-refractivity contribution is -0.137. The second kappa shape index (κ2) is 9.28. The molecule has 4 rings (SSSR count). The third-order valence-electron chi connectivity index (χ3n) is 5.63. The average Bonchev–Trinajstić information content (AvgIpc) is 3.05. The summed E-state index contributed by atoms with van der Waals surface area (Å²) in [6.45, 7) is 0.880. The maximum absolute atomic E-state index is 13.8. The fraction of sp³-hybridized carbons (Fsp3) is 0.261. The predicted octanol–water partition coefficient (Wildman–Crippen LogP) is 5.06. The number of anilines is 5. The van der Waals surface area contributed by atoms with Crippen LogP contribution in [0.3, 0.4) is 0 Å². The van der Waals surface area contributed by atoms with E-state index in [4.69, 9.17) is 10.5 Å². The van der Waals surface area contributed by atoms with Gasteiger partial charge < -0.3 is 26.0 Å². The van der Waals surface area contributed by atoms with E-state index < -0.39 is 36.2 Å². The summed E-state index contributed by atoms with van der Waals surface area (Å²) in [5.74, 6) is -0.825. The maximum Gasteiger partial charge on any atom is 0.421 e. The van der Waals surface area contributed by atoms with Crippen LogP contribution < -0.4 is 21.1 Å². The van der Waals surface area contributed by atoms with Crippen LogP contribution in [0.1, 0.15) is 34.5 Å². The van der Waals surface area contributed by atoms with Crippen molar-refractivity contribution in [3.63, 3.8) is 0 Å². The van der Waals surface area contributed by atoms with Gasteiger partial charge in [-0.05, 0) is 30.7 Å². The van der Waals surface area contributed by atoms with Crippen LogP contribution in [0.4, 0.5) is 46.4 Å². The minimum atomic E-state index is -4.77. The number of ether oxygens (including phenoxy) is 1. The van der Waals surface area contributed by atoms with Crippen LogP contribution >= 0.6 is 0 Å². The molecule has 0 spiro atoms. The van der Waals surface area contributed by atoms with Crippen molar-refractivity contribution in [2.24, 2.45) is 0 Å². The molecule has 184 valence electrons. The highest BCUT2D eigenvalue weighted by atomic mass is 19.4. The Morgan fingerprint density at radius 1 is 1.17 bits per heavy atom. The van der Waals surface area contributed by atoms with E-state index >= 15 is 0 Å². The number of fused-ring (bicyclic) bond motifs is 1. The number of nitrogens with zero attached hydrogens (tertiary/aromatic N) is 3. The topological polar surface area (TPSA) is 105 Å². The second-order valence-corrected chi connectivity index (χ2v) is 7.80. The molecule has 4 N–H and O–H groups in total. The summed E-state index contributed by atoms with van der Waals surface area (Å²) in [5, 5.41) is 5.47. The Morgan fingerprint density at radius 3 is 2.63 bits per heavy atom. The van der Waals surface area contributed by atoms with Gasteiger partial charge in [0.15, 0.2) is 0 Å². The molecular weight excluding hydrogens is 468 g/mol. The van der Waals surface area contributed by atoms with Crippen LogP contribution in [0.5, 0.6) is 5.75 Å². The molecule has 1 amide bonds. The highest BCUT2D eigenvalue weighted by Gasteiger charge is 2.38. The third kappa shape index (κ3) is 4.63. The van der Waals surface area contributed by atoms with E-state index in [0.29, 0.717) is 28.9 Å². The molecule has 0 fully saturated rings. The van der Waals surface area contributed by atoms with Gasteiger partial charge in [-0.15, -0.1) is 0 Å². The van der Waals surface area contributed by atoms with Crippen molar-refractivity contribution in [1.82, 2.24) is 14.9 Å². The number of amides is 1. The van der Waals surface area contributed by atoms with Crippen molar-refractivity contribution in [1.29, 1.82) is 0 Å². The number of hydrogen-bond acceptors (Lipinski definition) is 7. The highest BCUT2D eigenvalue weighted by molar-refractivity contribution is 6.04. The molecule has 0 aliphatic carbocycles. The number of rotatable bonds is 7. The first-order valence-corrected chi connectivity index (χ1v) is 10.6. The fourth-order valence-corrected chi connectivity index (χ4v) is 3.94. The molecule has 1 aliphatic rings. The van der Waals surface area contributed by atoms with Crippen LogP contribution in [-0.4, -0.2) is 41.1 Å². The minimum absolute atomic E-state index is 0.118. The molecule has 8 nitrogen and oxygen atoms in total. The van der Waals surface area contributed by atoms with Crippen LogP contribution in [0.15, 0.2) is 42.6 Å². The summed E-state index contributed by atoms with van der Waals surface area (Å²) >= 11 is 0. The number of benzene rings is 2. The molecule has 2 heterocycles. The monoisotopic (exact) mass is 490 g/mol. The molecule has 0 radical (unpaired) electrons. The summed E-state index contributed by atoms with van der Waals surface area (Å²) in [4.78, 5) is 22.1. The number of methoxy groups -OCH3 is 1. The predicted molar refractivity (Wildman–Crippen MR) is 123 cm³/mol. The summed E-state index contributed by atoms with van der Waals surface area (Å²) in [5.41, 5.74) is 6.33. The lowest BCUT2D eigenvalue weighted by Gasteiger charge is -2.20. The Bertz CT molecular complexity index is 1270. The standard InChI is InChI=1S/C23H22F4N6O2/c1-12-14-4-3-5-17(19(14)21(34)33(12)9-8-24)30-20-15(23(25,26)27)11-29-22(32-20)31-16-7-6-13(28)10-18(16)35-2/h3-7,10-12H,8-9,28H2,1-2H3,(H2,29,30,31,32). The number of nitrogens with one attached hydrogen (secondary N) is 2. The molecule has 1 aromatic heterocycles. The molecule has 35 heavy (non-hydrogen) atoms. The van der Waals surface area contributed by atoms with Crippen molar-refractivity contribution < 1.29 is 27.1 Å². The minimum Gasteiger partial charge on any atom is -0.494 e. The van der Waals surface area contributed by atoms with Gasteiger partial charge in [-0.3, -0.25) is 4.79 Å². The first kappa shape index (κ1) is 24.0. The van der Waals surface area contributed by atoms with Crippen LogP contribution in [0.2, 0.25) is 0 Å². The van der Waals surface area contributed by atoms with Crippen LogP contribution in [-0.2, 0) is 6.18 Å². The molecule has 2 aromatic carbocycles. The van der Waals surface area contributed by atoms with E-state index in [1.807, 2.05) is 0 Å². The number of alkyl halides is 4. The Kier molecular flexibility index (Phi) is 6.37. The van der Waals surface area contributed by atoms with Gasteiger partial charge >= 0.3 is 6.18 Å². The van der Waals surface area contributed by atoms with Gasteiger partial charge in [0.2, 0.25) is 5.95 Å². The number of hydrogen-bond donors (Lipinski definition) is 3. The van der Waals surface area contributed by atoms with Crippen molar-refractivity contribution >= 4 is 34.7 Å². The van der Waals surface area contributed by atoms with Crippen LogP contribution in [0, 0.1) is 0 Å². The van der Waals surface area contributed by atoms with Gasteiger partial charge in [0.05, 0.1) is 30.1 Å². The number of nitrogens with two attached hydrogens (primary N) is 1. The Balaban J connectivity index is 1.74. The third-order valence-corrected chi connectivity index (χ3v) is 5.63. The number of carbonyl (C=O) groups excluding carboxylic acids is 1. The number of nitrogen functional groups attached to an aromatic ring is 1. The van der Waals surface area contributed by atoms with E-state index in [-0.39, 0.29) is 23.7 Å². The molecule has 1 atom stereocenters. The highest BCUT2D eigenvalue weighted by Crippen LogP contribution is 2.40. The summed E-state index contributed by atoms with van der Waals surface area (Å²) in [7, 11) is 1.42. The van der Waals surface area contributed by atoms with Gasteiger partial charge in [0, 0.05) is 24.5 Å². The van der Waals surface area contributed by atoms with Gasteiger partial charge in [-0.1, -0.05) is 12.1 Å². The Labute approximate surface area is 198 Å². The normalized spacial score (nSPS) is 15.2. The molecule has 1 aliphatic heterocycles. The SMILES string of the molecule is COc1cc(N)ccc1Nc1ncc(C(F)(F)F)c(Nc2cccc3c2C(=O)N(CCF)C3C)n1. The number of halogens is 4. The van der Waals surface area contributed by atoms with E-state index in [1.165, 1.54) is 24.1 Å². The summed E-state index contributed by atoms with van der Waals surface area (Å²) in [6, 6.07) is 9.04. The Hall–Kier alpha value is -4.09. The van der Waals surface area contributed by atoms with Crippen molar-refractivity contribution in [2.45, 2.75) is 19.1 Å². The first-order chi connectivity index (χ1) is 16.6. The molecular formula is C23H22F4N6O2. The smallest absolute Gasteiger partial charge is 0.421 e. The molecule has 1 unspecified atom stereocenters. The van der Waals surface area contributed by atoms with Gasteiger partial charge in [0.25, 0.3) is 5.91 Å². The largest absolute Gasteiger partial charge is 0.494 e. The fourth-order valence-electron chi connectivity index (χ4n) is 3.94. The zero-order chi connectivity index (χ0) is 25.3. The van der Waals surface area contributed by atoms with Crippen molar-refractivity contribution in [3.8, 4) is 5.75 Å².